The number of hydrogen-bond donors (Lipinski definition) is 1. The Kier molecular flexibility index (Phi) is 4.84. The van der Waals surface area contributed by atoms with Gasteiger partial charge in [0.05, 0.1) is 6.42 Å². The molecule has 0 aliphatic rings. The van der Waals surface area contributed by atoms with Crippen molar-refractivity contribution in [1.29, 1.82) is 0 Å². The summed E-state index contributed by atoms with van der Waals surface area (Å²) in [4.78, 5) is 33.7. The highest BCUT2D eigenvalue weighted by atomic mass is 16.4. The average molecular weight is 296 g/mol. The monoisotopic (exact) mass is 296 g/mol. The molecule has 2 rings (SSSR count). The molecule has 0 bridgehead atoms. The van der Waals surface area contributed by atoms with E-state index in [9.17, 15) is 14.4 Å². The number of rotatable bonds is 6. The summed E-state index contributed by atoms with van der Waals surface area (Å²) in [5, 5.41) is 8.58. The van der Waals surface area contributed by atoms with E-state index in [4.69, 9.17) is 5.11 Å². The summed E-state index contributed by atoms with van der Waals surface area (Å²) in [5.41, 5.74) is 3.35. The van der Waals surface area contributed by atoms with Crippen LogP contribution >= 0.6 is 0 Å². The van der Waals surface area contributed by atoms with Crippen molar-refractivity contribution < 1.29 is 19.5 Å². The van der Waals surface area contributed by atoms with Crippen LogP contribution in [0.25, 0.3) is 0 Å². The first kappa shape index (κ1) is 15.6. The van der Waals surface area contributed by atoms with E-state index >= 15 is 0 Å². The number of benzene rings is 2. The molecule has 0 spiro atoms. The maximum Gasteiger partial charge on any atom is 0.372 e. The van der Waals surface area contributed by atoms with Crippen LogP contribution in [0, 0.1) is 6.92 Å². The standard InChI is InChI=1S/C18H16O4/c1-12-7-14(9-13-5-3-2-4-6-13)10-15(8-12)16(19)11-17(20)18(21)22/h2-8,10H,9,11H2,1H3,(H,21,22). The Balaban J connectivity index is 2.21. The molecule has 0 amide bonds. The molecule has 0 aliphatic heterocycles. The molecule has 0 heterocycles. The summed E-state index contributed by atoms with van der Waals surface area (Å²) in [6.07, 6.45) is 0.0687. The Labute approximate surface area is 128 Å². The Morgan fingerprint density at radius 1 is 0.955 bits per heavy atom. The molecule has 0 atom stereocenters. The van der Waals surface area contributed by atoms with Crippen LogP contribution in [0.1, 0.15) is 33.5 Å². The van der Waals surface area contributed by atoms with Gasteiger partial charge in [0, 0.05) is 5.56 Å². The number of aryl methyl sites for hydroxylation is 1. The van der Waals surface area contributed by atoms with Crippen molar-refractivity contribution >= 4 is 17.5 Å². The molecule has 2 aromatic rings. The Morgan fingerprint density at radius 3 is 2.27 bits per heavy atom. The fourth-order valence-corrected chi connectivity index (χ4v) is 2.28. The summed E-state index contributed by atoms with van der Waals surface area (Å²) >= 11 is 0. The third kappa shape index (κ3) is 4.12. The zero-order valence-electron chi connectivity index (χ0n) is 12.2. The Bertz CT molecular complexity index is 717. The third-order valence-electron chi connectivity index (χ3n) is 3.27. The number of carbonyl (C=O) groups is 3. The Hall–Kier alpha value is -2.75. The van der Waals surface area contributed by atoms with Gasteiger partial charge < -0.3 is 5.11 Å². The van der Waals surface area contributed by atoms with E-state index in [1.54, 1.807) is 12.1 Å². The van der Waals surface area contributed by atoms with E-state index in [1.807, 2.05) is 43.3 Å². The molecule has 0 unspecified atom stereocenters. The van der Waals surface area contributed by atoms with Crippen LogP contribution in [-0.2, 0) is 16.0 Å². The van der Waals surface area contributed by atoms with E-state index in [2.05, 4.69) is 0 Å². The van der Waals surface area contributed by atoms with Crippen LogP contribution in [0.2, 0.25) is 0 Å². The Morgan fingerprint density at radius 2 is 1.64 bits per heavy atom. The summed E-state index contributed by atoms with van der Waals surface area (Å²) in [6.45, 7) is 1.87. The van der Waals surface area contributed by atoms with Crippen molar-refractivity contribution in [2.45, 2.75) is 19.8 Å². The minimum atomic E-state index is -1.58. The summed E-state index contributed by atoms with van der Waals surface area (Å²) in [7, 11) is 0. The van der Waals surface area contributed by atoms with Crippen molar-refractivity contribution in [3.05, 3.63) is 70.8 Å². The number of aliphatic carboxylic acids is 1. The van der Waals surface area contributed by atoms with Crippen molar-refractivity contribution in [2.75, 3.05) is 0 Å². The van der Waals surface area contributed by atoms with Crippen LogP contribution in [0.15, 0.2) is 48.5 Å². The maximum absolute atomic E-state index is 12.0. The largest absolute Gasteiger partial charge is 0.475 e. The van der Waals surface area contributed by atoms with Crippen LogP contribution in [0.3, 0.4) is 0 Å². The number of ketones is 2. The first-order valence-corrected chi connectivity index (χ1v) is 6.89. The van der Waals surface area contributed by atoms with Gasteiger partial charge in [-0.05, 0) is 36.6 Å². The van der Waals surface area contributed by atoms with Gasteiger partial charge in [0.2, 0.25) is 5.78 Å². The molecule has 22 heavy (non-hydrogen) atoms. The average Bonchev–Trinajstić information content (AvgIpc) is 2.47. The maximum atomic E-state index is 12.0. The summed E-state index contributed by atoms with van der Waals surface area (Å²) in [5.74, 6) is -3.13. The third-order valence-corrected chi connectivity index (χ3v) is 3.27. The highest BCUT2D eigenvalue weighted by Gasteiger charge is 2.18. The van der Waals surface area contributed by atoms with Gasteiger partial charge in [0.1, 0.15) is 0 Å². The first-order chi connectivity index (χ1) is 10.5. The molecule has 0 aromatic heterocycles. The fraction of sp³-hybridized carbons (Fsp3) is 0.167. The molecule has 4 nitrogen and oxygen atoms in total. The summed E-state index contributed by atoms with van der Waals surface area (Å²) < 4.78 is 0. The highest BCUT2D eigenvalue weighted by Crippen LogP contribution is 2.16. The molecule has 112 valence electrons. The topological polar surface area (TPSA) is 71.4 Å². The van der Waals surface area contributed by atoms with Gasteiger partial charge in [0.25, 0.3) is 0 Å². The predicted octanol–water partition coefficient (Wildman–Crippen LogP) is 2.81. The van der Waals surface area contributed by atoms with Crippen LogP contribution in [0.4, 0.5) is 0 Å². The number of Topliss-reactive ketones (excluding diaryl/α,β-unsaturated/α-hetero) is 2. The molecule has 4 heteroatoms. The molecule has 0 aliphatic carbocycles. The van der Waals surface area contributed by atoms with Crippen molar-refractivity contribution in [3.63, 3.8) is 0 Å². The zero-order chi connectivity index (χ0) is 16.1. The molecule has 0 fully saturated rings. The van der Waals surface area contributed by atoms with Gasteiger partial charge in [-0.3, -0.25) is 9.59 Å². The van der Waals surface area contributed by atoms with Gasteiger partial charge in [-0.1, -0.05) is 42.0 Å². The fourth-order valence-electron chi connectivity index (χ4n) is 2.28. The lowest BCUT2D eigenvalue weighted by Crippen LogP contribution is -2.17. The molecular formula is C18H16O4. The molecule has 0 saturated carbocycles. The lowest BCUT2D eigenvalue weighted by Gasteiger charge is -2.07. The predicted molar refractivity (Wildman–Crippen MR) is 82.0 cm³/mol. The number of carbonyl (C=O) groups excluding carboxylic acids is 2. The van der Waals surface area contributed by atoms with Crippen LogP contribution < -0.4 is 0 Å². The van der Waals surface area contributed by atoms with Gasteiger partial charge >= 0.3 is 5.97 Å². The van der Waals surface area contributed by atoms with Gasteiger partial charge in [-0.15, -0.1) is 0 Å². The van der Waals surface area contributed by atoms with Crippen molar-refractivity contribution in [1.82, 2.24) is 0 Å². The molecular weight excluding hydrogens is 280 g/mol. The van der Waals surface area contributed by atoms with Crippen LogP contribution in [0.5, 0.6) is 0 Å². The summed E-state index contributed by atoms with van der Waals surface area (Å²) in [6, 6.07) is 15.2. The minimum Gasteiger partial charge on any atom is -0.475 e. The second kappa shape index (κ2) is 6.80. The van der Waals surface area contributed by atoms with Crippen LogP contribution in [-0.4, -0.2) is 22.6 Å². The number of carboxylic acids is 1. The minimum absolute atomic E-state index is 0.375. The van der Waals surface area contributed by atoms with Gasteiger partial charge in [0.15, 0.2) is 5.78 Å². The lowest BCUT2D eigenvalue weighted by atomic mass is 9.97. The second-order valence-electron chi connectivity index (χ2n) is 5.20. The number of carboxylic acid groups (broad SMARTS) is 1. The normalized spacial score (nSPS) is 10.2. The van der Waals surface area contributed by atoms with Crippen molar-refractivity contribution in [2.24, 2.45) is 0 Å². The van der Waals surface area contributed by atoms with E-state index < -0.39 is 24.0 Å². The van der Waals surface area contributed by atoms with E-state index in [-0.39, 0.29) is 0 Å². The van der Waals surface area contributed by atoms with E-state index in [1.165, 1.54) is 0 Å². The molecule has 2 aromatic carbocycles. The SMILES string of the molecule is Cc1cc(Cc2ccccc2)cc(C(=O)CC(=O)C(=O)O)c1. The highest BCUT2D eigenvalue weighted by molar-refractivity contribution is 6.37. The molecule has 1 N–H and O–H groups in total. The first-order valence-electron chi connectivity index (χ1n) is 6.89. The van der Waals surface area contributed by atoms with Gasteiger partial charge in [-0.25, -0.2) is 4.79 Å². The van der Waals surface area contributed by atoms with Crippen molar-refractivity contribution in [3.8, 4) is 0 Å². The van der Waals surface area contributed by atoms with Gasteiger partial charge in [-0.2, -0.15) is 0 Å². The second-order valence-corrected chi connectivity index (χ2v) is 5.20. The lowest BCUT2D eigenvalue weighted by molar-refractivity contribution is -0.148. The smallest absolute Gasteiger partial charge is 0.372 e. The van der Waals surface area contributed by atoms with E-state index in [0.717, 1.165) is 16.7 Å². The quantitative estimate of drug-likeness (QED) is 0.505. The molecule has 0 radical (unpaired) electrons. The molecule has 0 saturated heterocycles. The van der Waals surface area contributed by atoms with E-state index in [0.29, 0.717) is 12.0 Å². The number of hydrogen-bond acceptors (Lipinski definition) is 3. The zero-order valence-corrected chi connectivity index (χ0v) is 12.2.